The van der Waals surface area contributed by atoms with Gasteiger partial charge in [0.15, 0.2) is 0 Å². The molecule has 0 saturated heterocycles. The Morgan fingerprint density at radius 3 is 1.73 bits per heavy atom. The van der Waals surface area contributed by atoms with Gasteiger partial charge in [0, 0.05) is 5.41 Å². The lowest BCUT2D eigenvalue weighted by Crippen LogP contribution is -2.16. The molecule has 0 bridgehead atoms. The van der Waals surface area contributed by atoms with Gasteiger partial charge in [0.1, 0.15) is 0 Å². The first-order valence-corrected chi connectivity index (χ1v) is 26.4. The van der Waals surface area contributed by atoms with Gasteiger partial charge in [-0.2, -0.15) is 0 Å². The molecule has 0 heterocycles. The first kappa shape index (κ1) is 52.1. The van der Waals surface area contributed by atoms with Gasteiger partial charge < -0.3 is 0 Å². The fourth-order valence-corrected chi connectivity index (χ4v) is 10.8. The van der Waals surface area contributed by atoms with Crippen molar-refractivity contribution in [3.63, 3.8) is 0 Å². The fraction of sp³-hybridized carbons (Fsp3) is 0.268. The van der Waals surface area contributed by atoms with E-state index in [4.69, 9.17) is 0 Å². The molecule has 0 nitrogen and oxygen atoms in total. The minimum Gasteiger partial charge on any atom is -0.0842 e. The highest BCUT2D eigenvalue weighted by Crippen LogP contribution is 2.53. The van der Waals surface area contributed by atoms with E-state index in [1.54, 1.807) is 0 Å². The van der Waals surface area contributed by atoms with E-state index in [0.29, 0.717) is 17.8 Å². The molecule has 362 valence electrons. The molecule has 0 saturated carbocycles. The number of hydrogen-bond donors (Lipinski definition) is 0. The molecule has 9 aromatic rings. The summed E-state index contributed by atoms with van der Waals surface area (Å²) in [5.74, 6) is 1.43. The third kappa shape index (κ3) is 11.6. The predicted molar refractivity (Wildman–Crippen MR) is 314 cm³/mol. The van der Waals surface area contributed by atoms with Crippen molar-refractivity contribution in [1.82, 2.24) is 0 Å². The third-order valence-electron chi connectivity index (χ3n) is 15.1. The van der Waals surface area contributed by atoms with Gasteiger partial charge in [-0.05, 0) is 159 Å². The summed E-state index contributed by atoms with van der Waals surface area (Å²) in [7, 11) is 0. The van der Waals surface area contributed by atoms with Crippen molar-refractivity contribution in [3.05, 3.63) is 255 Å². The molecule has 0 amide bonds. The monoisotopic (exact) mass is 931 g/mol. The van der Waals surface area contributed by atoms with E-state index in [2.05, 4.69) is 252 Å². The van der Waals surface area contributed by atoms with Crippen LogP contribution in [0.3, 0.4) is 0 Å². The van der Waals surface area contributed by atoms with E-state index >= 15 is 0 Å². The van der Waals surface area contributed by atoms with Crippen LogP contribution in [0.5, 0.6) is 0 Å². The fourth-order valence-electron chi connectivity index (χ4n) is 10.8. The Morgan fingerprint density at radius 2 is 1.08 bits per heavy atom. The van der Waals surface area contributed by atoms with Crippen molar-refractivity contribution in [2.24, 2.45) is 0 Å². The molecule has 71 heavy (non-hydrogen) atoms. The SMILES string of the molecule is CC.CC/C=C\C1=C(C)CC(C)c2cc(C(C)C(C)c3ccc4c(c3)C(C)(C)c3cc(C)c5ccccc5c3-4)ccc21.Cc1ccc2ccccc2c1.Cc1cccc2ccccc12.Cc1ccccc1. The molecule has 0 spiro atoms. The lowest BCUT2D eigenvalue weighted by atomic mass is 9.76. The standard InChI is InChI=1S/C40H44.2C11H10.C7H8.C2H6/c1-9-10-13-31-24(2)20-25(3)36-22-29(16-18-33(31)36)27(5)28(6)30-17-19-35-37(23-30)40(7,8)38-21-26(4)32-14-11-12-15-34(32)39(35)38;1-9-5-4-7-10-6-2-3-8-11(9)10;1-9-6-7-10-4-2-3-5-11(10)8-9;1-7-5-3-2-4-6-7;1-2/h10-19,21-23,25,27-28H,9,20H2,1-8H3;2*2-8H,1H3;2-6H,1H3;1-2H3/b13-10-;;;;. The average molecular weight is 931 g/mol. The molecule has 3 atom stereocenters. The van der Waals surface area contributed by atoms with Gasteiger partial charge in [-0.25, -0.2) is 0 Å². The number of allylic oxidation sites excluding steroid dienone is 4. The molecule has 0 radical (unpaired) electrons. The Morgan fingerprint density at radius 1 is 0.507 bits per heavy atom. The van der Waals surface area contributed by atoms with Gasteiger partial charge in [-0.15, -0.1) is 0 Å². The van der Waals surface area contributed by atoms with Crippen LogP contribution in [0.1, 0.15) is 149 Å². The third-order valence-corrected chi connectivity index (χ3v) is 15.1. The number of hydrogen-bond acceptors (Lipinski definition) is 0. The molecule has 0 fully saturated rings. The van der Waals surface area contributed by atoms with Crippen LogP contribution < -0.4 is 0 Å². The van der Waals surface area contributed by atoms with Crippen molar-refractivity contribution < 1.29 is 0 Å². The zero-order chi connectivity index (χ0) is 50.8. The quantitative estimate of drug-likeness (QED) is 0.161. The van der Waals surface area contributed by atoms with Crippen LogP contribution in [0.25, 0.3) is 49.0 Å². The molecule has 11 rings (SSSR count). The maximum Gasteiger partial charge on any atom is 0.0159 e. The second-order valence-electron chi connectivity index (χ2n) is 20.4. The van der Waals surface area contributed by atoms with E-state index in [1.165, 1.54) is 110 Å². The summed E-state index contributed by atoms with van der Waals surface area (Å²) in [5, 5.41) is 8.09. The summed E-state index contributed by atoms with van der Waals surface area (Å²) < 4.78 is 0. The topological polar surface area (TPSA) is 0 Å². The van der Waals surface area contributed by atoms with Crippen molar-refractivity contribution in [1.29, 1.82) is 0 Å². The zero-order valence-corrected chi connectivity index (χ0v) is 45.1. The second kappa shape index (κ2) is 23.4. The van der Waals surface area contributed by atoms with Gasteiger partial charge >= 0.3 is 0 Å². The summed E-state index contributed by atoms with van der Waals surface area (Å²) >= 11 is 0. The van der Waals surface area contributed by atoms with Gasteiger partial charge in [0.05, 0.1) is 0 Å². The average Bonchev–Trinajstić information content (AvgIpc) is 3.62. The normalized spacial score (nSPS) is 14.9. The Labute approximate surface area is 428 Å². The lowest BCUT2D eigenvalue weighted by Gasteiger charge is -2.29. The van der Waals surface area contributed by atoms with E-state index in [9.17, 15) is 0 Å². The Hall–Kier alpha value is -6.76. The summed E-state index contributed by atoms with van der Waals surface area (Å²) in [6.07, 6.45) is 6.88. The van der Waals surface area contributed by atoms with Crippen LogP contribution in [0, 0.1) is 27.7 Å². The molecule has 2 aliphatic carbocycles. The minimum atomic E-state index is -0.00766. The van der Waals surface area contributed by atoms with Crippen LogP contribution in [-0.4, -0.2) is 0 Å². The number of aryl methyl sites for hydroxylation is 4. The largest absolute Gasteiger partial charge is 0.0842 e. The molecule has 2 aliphatic rings. The summed E-state index contributed by atoms with van der Waals surface area (Å²) in [6.45, 7) is 29.2. The van der Waals surface area contributed by atoms with Crippen LogP contribution in [0.15, 0.2) is 200 Å². The summed E-state index contributed by atoms with van der Waals surface area (Å²) in [5.41, 5.74) is 20.0. The van der Waals surface area contributed by atoms with E-state index in [-0.39, 0.29) is 5.41 Å². The van der Waals surface area contributed by atoms with E-state index in [0.717, 1.165) is 12.8 Å². The highest BCUT2D eigenvalue weighted by Gasteiger charge is 2.37. The van der Waals surface area contributed by atoms with Gasteiger partial charge in [0.25, 0.3) is 0 Å². The molecule has 0 aliphatic heterocycles. The van der Waals surface area contributed by atoms with Gasteiger partial charge in [-0.1, -0.05) is 266 Å². The molecule has 9 aromatic carbocycles. The first-order valence-electron chi connectivity index (χ1n) is 26.4. The number of benzene rings is 9. The first-order chi connectivity index (χ1) is 34.3. The Balaban J connectivity index is 0.000000190. The van der Waals surface area contributed by atoms with Crippen molar-refractivity contribution in [2.45, 2.75) is 126 Å². The van der Waals surface area contributed by atoms with Crippen molar-refractivity contribution in [2.75, 3.05) is 0 Å². The molecule has 0 N–H and O–H groups in total. The Bertz CT molecular complexity index is 3290. The van der Waals surface area contributed by atoms with E-state index < -0.39 is 0 Å². The highest BCUT2D eigenvalue weighted by molar-refractivity contribution is 6.04. The molecular weight excluding hydrogens is 853 g/mol. The maximum absolute atomic E-state index is 2.53. The molecule has 0 heteroatoms. The number of rotatable bonds is 5. The van der Waals surface area contributed by atoms with Gasteiger partial charge in [0.2, 0.25) is 0 Å². The minimum absolute atomic E-state index is 0.00766. The summed E-state index contributed by atoms with van der Waals surface area (Å²) in [6, 6.07) is 66.0. The van der Waals surface area contributed by atoms with Gasteiger partial charge in [-0.3, -0.25) is 0 Å². The molecule has 0 aromatic heterocycles. The zero-order valence-electron chi connectivity index (χ0n) is 45.1. The smallest absolute Gasteiger partial charge is 0.0159 e. The molecular formula is C71H78. The van der Waals surface area contributed by atoms with Crippen molar-refractivity contribution >= 4 is 37.9 Å². The second-order valence-corrected chi connectivity index (χ2v) is 20.4. The van der Waals surface area contributed by atoms with Crippen LogP contribution in [-0.2, 0) is 5.41 Å². The van der Waals surface area contributed by atoms with Crippen molar-refractivity contribution in [3.8, 4) is 11.1 Å². The maximum atomic E-state index is 2.53. The van der Waals surface area contributed by atoms with Crippen LogP contribution in [0.2, 0.25) is 0 Å². The van der Waals surface area contributed by atoms with Crippen LogP contribution in [0.4, 0.5) is 0 Å². The van der Waals surface area contributed by atoms with E-state index in [1.807, 2.05) is 32.0 Å². The number of fused-ring (bicyclic) bond motifs is 8. The lowest BCUT2D eigenvalue weighted by molar-refractivity contribution is 0.614. The Kier molecular flexibility index (Phi) is 17.2. The highest BCUT2D eigenvalue weighted by atomic mass is 14.4. The summed E-state index contributed by atoms with van der Waals surface area (Å²) in [4.78, 5) is 0. The van der Waals surface area contributed by atoms with Crippen LogP contribution >= 0.6 is 0 Å². The predicted octanol–water partition coefficient (Wildman–Crippen LogP) is 20.9. The molecule has 3 unspecified atom stereocenters.